The Labute approximate surface area is 95.3 Å². The molecule has 1 N–H and O–H groups in total. The third-order valence-electron chi connectivity index (χ3n) is 2.00. The summed E-state index contributed by atoms with van der Waals surface area (Å²) in [6.45, 7) is 1.78. The van der Waals surface area contributed by atoms with Crippen LogP contribution in [0.2, 0.25) is 5.15 Å². The second-order valence-electron chi connectivity index (χ2n) is 3.23. The second kappa shape index (κ2) is 3.94. The van der Waals surface area contributed by atoms with Gasteiger partial charge in [0.2, 0.25) is 0 Å². The van der Waals surface area contributed by atoms with Crippen molar-refractivity contribution in [3.63, 3.8) is 0 Å². The zero-order valence-corrected chi connectivity index (χ0v) is 9.15. The van der Waals surface area contributed by atoms with E-state index in [4.69, 9.17) is 11.6 Å². The summed E-state index contributed by atoms with van der Waals surface area (Å²) in [6, 6.07) is 6.21. The van der Waals surface area contributed by atoms with Gasteiger partial charge in [0.15, 0.2) is 0 Å². The monoisotopic (exact) mass is 237 g/mol. The van der Waals surface area contributed by atoms with Crippen molar-refractivity contribution in [2.75, 3.05) is 0 Å². The first-order valence-electron chi connectivity index (χ1n) is 4.54. The summed E-state index contributed by atoms with van der Waals surface area (Å²) in [5.41, 5.74) is -0.388. The van der Waals surface area contributed by atoms with Gasteiger partial charge in [-0.3, -0.25) is 9.78 Å². The molecule has 0 saturated heterocycles. The molecule has 0 aliphatic carbocycles. The van der Waals surface area contributed by atoms with Crippen LogP contribution < -0.4 is 11.2 Å². The van der Waals surface area contributed by atoms with Crippen molar-refractivity contribution in [1.29, 1.82) is 0 Å². The summed E-state index contributed by atoms with van der Waals surface area (Å²) in [5, 5.41) is 0.0129. The van der Waals surface area contributed by atoms with E-state index in [9.17, 15) is 9.59 Å². The normalized spacial score (nSPS) is 10.4. The van der Waals surface area contributed by atoms with E-state index >= 15 is 0 Å². The summed E-state index contributed by atoms with van der Waals surface area (Å²) in [4.78, 5) is 29.6. The molecule has 6 heteroatoms. The second-order valence-corrected chi connectivity index (χ2v) is 3.64. The van der Waals surface area contributed by atoms with Gasteiger partial charge in [-0.2, -0.15) is 0 Å². The predicted molar refractivity (Wildman–Crippen MR) is 60.2 cm³/mol. The van der Waals surface area contributed by atoms with E-state index in [-0.39, 0.29) is 11.0 Å². The number of halogens is 1. The van der Waals surface area contributed by atoms with E-state index in [1.165, 1.54) is 0 Å². The number of hydrogen-bond acceptors (Lipinski definition) is 3. The van der Waals surface area contributed by atoms with Gasteiger partial charge in [0.25, 0.3) is 5.56 Å². The molecule has 0 unspecified atom stereocenters. The minimum atomic E-state index is -0.601. The molecule has 2 aromatic rings. The Hall–Kier alpha value is -1.88. The van der Waals surface area contributed by atoms with Crippen molar-refractivity contribution in [2.24, 2.45) is 0 Å². The molecule has 0 aromatic carbocycles. The van der Waals surface area contributed by atoms with E-state index in [0.29, 0.717) is 0 Å². The maximum atomic E-state index is 11.6. The van der Waals surface area contributed by atoms with Crippen molar-refractivity contribution >= 4 is 11.6 Å². The number of H-pyrrole nitrogens is 1. The third kappa shape index (κ3) is 1.90. The minimum absolute atomic E-state index is 0.0129. The van der Waals surface area contributed by atoms with Gasteiger partial charge in [0.1, 0.15) is 11.0 Å². The Morgan fingerprint density at radius 2 is 2.12 bits per heavy atom. The number of hydrogen-bond donors (Lipinski definition) is 1. The van der Waals surface area contributed by atoms with Gasteiger partial charge in [-0.05, 0) is 19.1 Å². The summed E-state index contributed by atoms with van der Waals surface area (Å²) >= 11 is 5.55. The van der Waals surface area contributed by atoms with Crippen LogP contribution in [0.25, 0.3) is 5.82 Å². The molecule has 0 saturated carbocycles. The van der Waals surface area contributed by atoms with E-state index in [1.54, 1.807) is 25.1 Å². The summed E-state index contributed by atoms with van der Waals surface area (Å²) in [5.74, 6) is 0.280. The molecule has 2 heterocycles. The first-order chi connectivity index (χ1) is 7.58. The first kappa shape index (κ1) is 10.6. The lowest BCUT2D eigenvalue weighted by atomic mass is 10.4. The van der Waals surface area contributed by atoms with Gasteiger partial charge in [0.05, 0.1) is 0 Å². The molecular formula is C10H8ClN3O2. The molecule has 0 amide bonds. The van der Waals surface area contributed by atoms with Crippen molar-refractivity contribution in [3.8, 4) is 5.82 Å². The van der Waals surface area contributed by atoms with Crippen LogP contribution in [0.3, 0.4) is 0 Å². The maximum Gasteiger partial charge on any atom is 0.335 e. The van der Waals surface area contributed by atoms with Gasteiger partial charge in [-0.15, -0.1) is 0 Å². The Balaban J connectivity index is 2.75. The van der Waals surface area contributed by atoms with Gasteiger partial charge in [0, 0.05) is 11.8 Å². The molecule has 0 fully saturated rings. The fraction of sp³-hybridized carbons (Fsp3) is 0.100. The smallest absolute Gasteiger partial charge is 0.297 e. The Morgan fingerprint density at radius 1 is 1.38 bits per heavy atom. The van der Waals surface area contributed by atoms with Gasteiger partial charge in [-0.1, -0.05) is 17.7 Å². The lowest BCUT2D eigenvalue weighted by molar-refractivity contribution is 0.842. The van der Waals surface area contributed by atoms with Gasteiger partial charge >= 0.3 is 5.69 Å². The lowest BCUT2D eigenvalue weighted by Gasteiger charge is -2.03. The number of aromatic nitrogens is 3. The predicted octanol–water partition coefficient (Wildman–Crippen LogP) is 0.883. The summed E-state index contributed by atoms with van der Waals surface area (Å²) in [7, 11) is 0. The molecule has 0 radical (unpaired) electrons. The van der Waals surface area contributed by atoms with Crippen molar-refractivity contribution < 1.29 is 0 Å². The Morgan fingerprint density at radius 3 is 2.75 bits per heavy atom. The molecule has 0 bridgehead atoms. The third-order valence-corrected chi connectivity index (χ3v) is 2.21. The van der Waals surface area contributed by atoms with Crippen LogP contribution in [-0.2, 0) is 0 Å². The fourth-order valence-corrected chi connectivity index (χ4v) is 1.51. The van der Waals surface area contributed by atoms with E-state index in [1.807, 2.05) is 0 Å². The highest BCUT2D eigenvalue weighted by Gasteiger charge is 2.06. The van der Waals surface area contributed by atoms with Crippen molar-refractivity contribution in [1.82, 2.24) is 14.5 Å². The number of nitrogens with zero attached hydrogens (tertiary/aromatic N) is 2. The quantitative estimate of drug-likeness (QED) is 0.749. The van der Waals surface area contributed by atoms with Crippen LogP contribution in [0.4, 0.5) is 0 Å². The Kier molecular flexibility index (Phi) is 2.62. The topological polar surface area (TPSA) is 67.8 Å². The standard InChI is InChI=1S/C10H8ClN3O2/c1-6-3-2-4-8(12-6)14-9(15)5-7(11)13-10(14)16/h2-5H,1H3,(H,13,16). The molecule has 2 aromatic heterocycles. The highest BCUT2D eigenvalue weighted by Crippen LogP contribution is 2.01. The molecule has 16 heavy (non-hydrogen) atoms. The van der Waals surface area contributed by atoms with Crippen LogP contribution in [-0.4, -0.2) is 14.5 Å². The molecule has 0 spiro atoms. The largest absolute Gasteiger partial charge is 0.335 e. The average Bonchev–Trinajstić information content (AvgIpc) is 2.15. The number of rotatable bonds is 1. The van der Waals surface area contributed by atoms with Gasteiger partial charge < -0.3 is 0 Å². The highest BCUT2D eigenvalue weighted by atomic mass is 35.5. The van der Waals surface area contributed by atoms with Gasteiger partial charge in [-0.25, -0.2) is 14.3 Å². The maximum absolute atomic E-state index is 11.6. The number of nitrogens with one attached hydrogen (secondary N) is 1. The molecule has 0 aliphatic heterocycles. The molecule has 0 aliphatic rings. The fourth-order valence-electron chi connectivity index (χ4n) is 1.34. The number of aromatic amines is 1. The molecule has 5 nitrogen and oxygen atoms in total. The molecular weight excluding hydrogens is 230 g/mol. The highest BCUT2D eigenvalue weighted by molar-refractivity contribution is 6.29. The number of pyridine rings is 1. The van der Waals surface area contributed by atoms with Crippen LogP contribution in [0.15, 0.2) is 33.9 Å². The molecule has 0 atom stereocenters. The Bertz CT molecular complexity index is 614. The van der Waals surface area contributed by atoms with Crippen molar-refractivity contribution in [2.45, 2.75) is 6.92 Å². The summed E-state index contributed by atoms with van der Waals surface area (Å²) in [6.07, 6.45) is 0. The average molecular weight is 238 g/mol. The zero-order valence-electron chi connectivity index (χ0n) is 8.40. The van der Waals surface area contributed by atoms with Crippen molar-refractivity contribution in [3.05, 3.63) is 56.0 Å². The van der Waals surface area contributed by atoms with E-state index < -0.39 is 11.2 Å². The van der Waals surface area contributed by atoms with Crippen LogP contribution in [0.5, 0.6) is 0 Å². The first-order valence-corrected chi connectivity index (χ1v) is 4.91. The summed E-state index contributed by atoms with van der Waals surface area (Å²) < 4.78 is 0.929. The van der Waals surface area contributed by atoms with E-state index in [0.717, 1.165) is 16.3 Å². The molecule has 2 rings (SSSR count). The minimum Gasteiger partial charge on any atom is -0.297 e. The van der Waals surface area contributed by atoms with Crippen LogP contribution in [0, 0.1) is 6.92 Å². The zero-order chi connectivity index (χ0) is 11.7. The van der Waals surface area contributed by atoms with Crippen LogP contribution in [0.1, 0.15) is 5.69 Å². The van der Waals surface area contributed by atoms with E-state index in [2.05, 4.69) is 9.97 Å². The van der Waals surface area contributed by atoms with Crippen LogP contribution >= 0.6 is 11.6 Å². The molecule has 82 valence electrons. The SMILES string of the molecule is Cc1cccc(-n2c(=O)cc(Cl)[nH]c2=O)n1. The lowest BCUT2D eigenvalue weighted by Crippen LogP contribution is -2.33. The number of aryl methyl sites for hydroxylation is 1.